The van der Waals surface area contributed by atoms with Crippen LogP contribution in [0.1, 0.15) is 48.7 Å². The van der Waals surface area contributed by atoms with Crippen LogP contribution in [0.2, 0.25) is 0 Å². The summed E-state index contributed by atoms with van der Waals surface area (Å²) in [4.78, 5) is 28.6. The van der Waals surface area contributed by atoms with Crippen LogP contribution >= 0.6 is 0 Å². The van der Waals surface area contributed by atoms with Crippen molar-refractivity contribution in [2.24, 2.45) is 0 Å². The van der Waals surface area contributed by atoms with Gasteiger partial charge in [-0.1, -0.05) is 43.7 Å². The molecule has 1 aliphatic heterocycles. The van der Waals surface area contributed by atoms with Crippen LogP contribution in [-0.2, 0) is 4.79 Å². The summed E-state index contributed by atoms with van der Waals surface area (Å²) in [5.74, 6) is 0.177. The fraction of sp³-hybridized carbons (Fsp3) is 0.417. The van der Waals surface area contributed by atoms with Crippen molar-refractivity contribution in [1.29, 1.82) is 0 Å². The average molecular weight is 394 g/mol. The van der Waals surface area contributed by atoms with E-state index in [0.717, 1.165) is 50.3 Å². The number of piperazine rings is 1. The molecule has 5 nitrogen and oxygen atoms in total. The normalized spacial score (nSPS) is 15.7. The zero-order valence-corrected chi connectivity index (χ0v) is 17.4. The zero-order valence-electron chi connectivity index (χ0n) is 17.4. The molecule has 2 aromatic carbocycles. The summed E-state index contributed by atoms with van der Waals surface area (Å²) in [5, 5.41) is 3.22. The highest BCUT2D eigenvalue weighted by atomic mass is 16.2. The lowest BCUT2D eigenvalue weighted by Crippen LogP contribution is -2.49. The number of rotatable bonds is 8. The summed E-state index contributed by atoms with van der Waals surface area (Å²) in [7, 11) is 0. The number of carbonyl (C=O) groups excluding carboxylic acids is 2. The van der Waals surface area contributed by atoms with Crippen LogP contribution in [0.15, 0.2) is 54.6 Å². The molecule has 1 aliphatic rings. The maximum Gasteiger partial charge on any atom is 0.234 e. The van der Waals surface area contributed by atoms with Gasteiger partial charge >= 0.3 is 0 Å². The van der Waals surface area contributed by atoms with Crippen LogP contribution in [0.5, 0.6) is 0 Å². The van der Waals surface area contributed by atoms with Gasteiger partial charge in [0.05, 0.1) is 12.6 Å². The summed E-state index contributed by atoms with van der Waals surface area (Å²) in [6.07, 6.45) is 1.97. The number of hydrogen-bond donors (Lipinski definition) is 1. The van der Waals surface area contributed by atoms with Gasteiger partial charge in [0, 0.05) is 37.4 Å². The molecule has 1 heterocycles. The van der Waals surface area contributed by atoms with Gasteiger partial charge in [0.2, 0.25) is 5.91 Å². The standard InChI is InChI=1S/C24H31N3O2/c1-3-7-23(21-8-5-4-6-9-21)25-24(29)18-26-14-16-27(17-15-26)22-12-10-20(11-13-22)19(2)28/h4-6,8-13,23H,3,7,14-18H2,1-2H3,(H,25,29)/t23-/m1/s1. The lowest BCUT2D eigenvalue weighted by Gasteiger charge is -2.36. The third kappa shape index (κ3) is 5.91. The highest BCUT2D eigenvalue weighted by Gasteiger charge is 2.21. The average Bonchev–Trinajstić information content (AvgIpc) is 2.75. The molecule has 0 saturated carbocycles. The Morgan fingerprint density at radius 1 is 0.966 bits per heavy atom. The molecule has 3 rings (SSSR count). The summed E-state index contributed by atoms with van der Waals surface area (Å²) in [6.45, 7) is 7.63. The summed E-state index contributed by atoms with van der Waals surface area (Å²) in [5.41, 5.74) is 3.04. The molecule has 1 atom stereocenters. The fourth-order valence-corrected chi connectivity index (χ4v) is 3.81. The van der Waals surface area contributed by atoms with Crippen molar-refractivity contribution in [2.45, 2.75) is 32.7 Å². The Morgan fingerprint density at radius 2 is 1.62 bits per heavy atom. The van der Waals surface area contributed by atoms with Gasteiger partial charge in [-0.3, -0.25) is 14.5 Å². The van der Waals surface area contributed by atoms with Crippen LogP contribution in [-0.4, -0.2) is 49.3 Å². The van der Waals surface area contributed by atoms with Crippen molar-refractivity contribution in [2.75, 3.05) is 37.6 Å². The quantitative estimate of drug-likeness (QED) is 0.696. The number of benzene rings is 2. The van der Waals surface area contributed by atoms with Gasteiger partial charge < -0.3 is 10.2 Å². The second kappa shape index (κ2) is 10.2. The van der Waals surface area contributed by atoms with Crippen molar-refractivity contribution >= 4 is 17.4 Å². The van der Waals surface area contributed by atoms with E-state index >= 15 is 0 Å². The van der Waals surface area contributed by atoms with Crippen molar-refractivity contribution in [3.05, 3.63) is 65.7 Å². The van der Waals surface area contributed by atoms with E-state index in [4.69, 9.17) is 0 Å². The lowest BCUT2D eigenvalue weighted by atomic mass is 10.0. The van der Waals surface area contributed by atoms with E-state index in [-0.39, 0.29) is 17.7 Å². The summed E-state index contributed by atoms with van der Waals surface area (Å²) in [6, 6.07) is 18.1. The molecule has 0 aliphatic carbocycles. The second-order valence-corrected chi connectivity index (χ2v) is 7.69. The Morgan fingerprint density at radius 3 is 2.21 bits per heavy atom. The van der Waals surface area contributed by atoms with Crippen LogP contribution in [0.4, 0.5) is 5.69 Å². The fourth-order valence-electron chi connectivity index (χ4n) is 3.81. The first-order chi connectivity index (χ1) is 14.1. The van der Waals surface area contributed by atoms with E-state index in [1.165, 1.54) is 5.56 Å². The van der Waals surface area contributed by atoms with Gasteiger partial charge in [-0.15, -0.1) is 0 Å². The maximum atomic E-state index is 12.6. The summed E-state index contributed by atoms with van der Waals surface area (Å²) >= 11 is 0. The Labute approximate surface area is 173 Å². The Hall–Kier alpha value is -2.66. The highest BCUT2D eigenvalue weighted by molar-refractivity contribution is 5.94. The number of anilines is 1. The number of nitrogens with zero attached hydrogens (tertiary/aromatic N) is 2. The van der Waals surface area contributed by atoms with Gasteiger partial charge in [-0.25, -0.2) is 0 Å². The Bertz CT molecular complexity index is 797. The molecule has 1 saturated heterocycles. The van der Waals surface area contributed by atoms with Crippen LogP contribution in [0.25, 0.3) is 0 Å². The minimum Gasteiger partial charge on any atom is -0.369 e. The largest absolute Gasteiger partial charge is 0.369 e. The van der Waals surface area contributed by atoms with Crippen LogP contribution in [0, 0.1) is 0 Å². The predicted octanol–water partition coefficient (Wildman–Crippen LogP) is 3.67. The van der Waals surface area contributed by atoms with E-state index in [9.17, 15) is 9.59 Å². The first kappa shape index (κ1) is 21.1. The molecule has 0 unspecified atom stereocenters. The van der Waals surface area contributed by atoms with E-state index in [1.54, 1.807) is 6.92 Å². The predicted molar refractivity (Wildman–Crippen MR) is 117 cm³/mol. The molecule has 29 heavy (non-hydrogen) atoms. The minimum absolute atomic E-state index is 0.0785. The van der Waals surface area contributed by atoms with Gasteiger partial charge in [0.1, 0.15) is 0 Å². The third-order valence-electron chi connectivity index (χ3n) is 5.49. The molecule has 0 bridgehead atoms. The smallest absolute Gasteiger partial charge is 0.234 e. The van der Waals surface area contributed by atoms with E-state index < -0.39 is 0 Å². The van der Waals surface area contributed by atoms with Crippen molar-refractivity contribution in [3.63, 3.8) is 0 Å². The SMILES string of the molecule is CCC[C@@H](NC(=O)CN1CCN(c2ccc(C(C)=O)cc2)CC1)c1ccccc1. The topological polar surface area (TPSA) is 52.7 Å². The number of hydrogen-bond acceptors (Lipinski definition) is 4. The molecule has 1 fully saturated rings. The number of amides is 1. The molecule has 0 radical (unpaired) electrons. The van der Waals surface area contributed by atoms with Crippen LogP contribution in [0.3, 0.4) is 0 Å². The lowest BCUT2D eigenvalue weighted by molar-refractivity contribution is -0.123. The van der Waals surface area contributed by atoms with Crippen molar-refractivity contribution in [3.8, 4) is 0 Å². The minimum atomic E-state index is 0.0785. The maximum absolute atomic E-state index is 12.6. The van der Waals surface area contributed by atoms with Gasteiger partial charge in [0.15, 0.2) is 5.78 Å². The molecular formula is C24H31N3O2. The highest BCUT2D eigenvalue weighted by Crippen LogP contribution is 2.19. The number of Topliss-reactive ketones (excluding diaryl/α,β-unsaturated/α-hetero) is 1. The van der Waals surface area contributed by atoms with Crippen molar-refractivity contribution < 1.29 is 9.59 Å². The van der Waals surface area contributed by atoms with E-state index in [0.29, 0.717) is 6.54 Å². The molecule has 154 valence electrons. The summed E-state index contributed by atoms with van der Waals surface area (Å²) < 4.78 is 0. The second-order valence-electron chi connectivity index (χ2n) is 7.69. The monoisotopic (exact) mass is 393 g/mol. The number of nitrogens with one attached hydrogen (secondary N) is 1. The van der Waals surface area contributed by atoms with E-state index in [2.05, 4.69) is 34.2 Å². The van der Waals surface area contributed by atoms with Gasteiger partial charge in [-0.2, -0.15) is 0 Å². The molecular weight excluding hydrogens is 362 g/mol. The van der Waals surface area contributed by atoms with E-state index in [1.807, 2.05) is 42.5 Å². The first-order valence-corrected chi connectivity index (χ1v) is 10.5. The zero-order chi connectivity index (χ0) is 20.6. The van der Waals surface area contributed by atoms with Gasteiger partial charge in [-0.05, 0) is 43.2 Å². The molecule has 1 amide bonds. The molecule has 2 aromatic rings. The number of carbonyl (C=O) groups is 2. The van der Waals surface area contributed by atoms with Gasteiger partial charge in [0.25, 0.3) is 0 Å². The van der Waals surface area contributed by atoms with Crippen molar-refractivity contribution in [1.82, 2.24) is 10.2 Å². The molecule has 1 N–H and O–H groups in total. The Balaban J connectivity index is 1.49. The first-order valence-electron chi connectivity index (χ1n) is 10.5. The molecule has 0 aromatic heterocycles. The Kier molecular flexibility index (Phi) is 7.42. The third-order valence-corrected chi connectivity index (χ3v) is 5.49. The number of ketones is 1. The molecule has 0 spiro atoms. The van der Waals surface area contributed by atoms with Crippen LogP contribution < -0.4 is 10.2 Å². The molecule has 5 heteroatoms.